The summed E-state index contributed by atoms with van der Waals surface area (Å²) in [5.74, 6) is 0.178. The lowest BCUT2D eigenvalue weighted by molar-refractivity contribution is -0.172. The maximum absolute atomic E-state index is 13.3. The Bertz CT molecular complexity index is 971. The molecule has 46 heavy (non-hydrogen) atoms. The van der Waals surface area contributed by atoms with E-state index < -0.39 is 53.4 Å². The van der Waals surface area contributed by atoms with Crippen LogP contribution in [0.1, 0.15) is 93.9 Å². The number of primary amides is 1. The monoisotopic (exact) mass is 658 g/mol. The SMILES string of the molecule is C#CCO[C@](C)(CC(C)C(=O)C(C)C=O)C[C@@H](C)C(=O)[C@H](C)C[C@](C)(OC(N)=O)C(CC)OC.CC1CC(N(C)C)CC(O)O1.O. The molecule has 5 N–H and O–H groups in total. The molecule has 0 bridgehead atoms. The van der Waals surface area contributed by atoms with Crippen molar-refractivity contribution < 1.29 is 48.7 Å². The van der Waals surface area contributed by atoms with Gasteiger partial charge in [-0.3, -0.25) is 9.59 Å². The van der Waals surface area contributed by atoms with Crippen molar-refractivity contribution in [3.05, 3.63) is 0 Å². The molecule has 12 nitrogen and oxygen atoms in total. The number of nitrogens with zero attached hydrogens (tertiary/aromatic N) is 1. The molecule has 10 atom stereocenters. The zero-order valence-corrected chi connectivity index (χ0v) is 30.0. The number of Topliss-reactive ketones (excluding diaryl/α,β-unsaturated/α-hetero) is 2. The highest BCUT2D eigenvalue weighted by Crippen LogP contribution is 2.34. The van der Waals surface area contributed by atoms with Crippen molar-refractivity contribution in [3.8, 4) is 12.3 Å². The lowest BCUT2D eigenvalue weighted by atomic mass is 9.77. The standard InChI is InChI=1S/C26H43NO7.C8H17NO2.H2O/c1-10-12-33-25(7,14-18(4)23(30)20(6)16-28)13-17(3)22(29)19(5)15-26(8,34-24(27)31)21(11-2)32-9;1-6-4-7(9(2)3)5-8(10)11-6;/h1,16-21H,11-15H2,2-9H3,(H2,27,31);6-8,10H,4-5H2,1-3H3;1H2/t17-,18?,19-,20?,21?,25+,26+;;/m1../s1. The third-order valence-corrected chi connectivity index (χ3v) is 8.67. The van der Waals surface area contributed by atoms with Crippen molar-refractivity contribution in [3.63, 3.8) is 0 Å². The van der Waals surface area contributed by atoms with Crippen LogP contribution in [0.4, 0.5) is 4.79 Å². The maximum Gasteiger partial charge on any atom is 0.405 e. The molecule has 0 radical (unpaired) electrons. The molecular weight excluding hydrogens is 596 g/mol. The molecule has 268 valence electrons. The summed E-state index contributed by atoms with van der Waals surface area (Å²) in [5, 5.41) is 9.25. The molecule has 0 aromatic rings. The van der Waals surface area contributed by atoms with E-state index in [0.717, 1.165) is 12.8 Å². The van der Waals surface area contributed by atoms with Crippen LogP contribution in [0, 0.1) is 36.0 Å². The zero-order chi connectivity index (χ0) is 35.1. The first kappa shape index (κ1) is 45.7. The second-order valence-corrected chi connectivity index (χ2v) is 13.3. The summed E-state index contributed by atoms with van der Waals surface area (Å²) < 4.78 is 22.0. The maximum atomic E-state index is 13.3. The third kappa shape index (κ3) is 15.5. The smallest absolute Gasteiger partial charge is 0.405 e. The Hall–Kier alpha value is -2.40. The molecule has 1 aliphatic heterocycles. The fourth-order valence-electron chi connectivity index (χ4n) is 6.45. The Morgan fingerprint density at radius 3 is 2.00 bits per heavy atom. The molecule has 1 amide bonds. The number of aldehydes is 1. The third-order valence-electron chi connectivity index (χ3n) is 8.67. The highest BCUT2D eigenvalue weighted by atomic mass is 16.6. The molecule has 0 aromatic heterocycles. The molecule has 12 heteroatoms. The number of hydrogen-bond donors (Lipinski definition) is 2. The molecule has 1 saturated heterocycles. The number of aliphatic hydroxyl groups is 1. The van der Waals surface area contributed by atoms with Crippen LogP contribution < -0.4 is 5.73 Å². The normalized spacial score (nSPS) is 23.7. The molecule has 6 unspecified atom stereocenters. The van der Waals surface area contributed by atoms with Gasteiger partial charge < -0.3 is 45.0 Å². The fourth-order valence-corrected chi connectivity index (χ4v) is 6.45. The minimum absolute atomic E-state index is 0. The molecule has 0 saturated carbocycles. The number of ether oxygens (including phenoxy) is 4. The van der Waals surface area contributed by atoms with E-state index in [2.05, 4.69) is 10.8 Å². The fraction of sp³-hybridized carbons (Fsp3) is 0.824. The van der Waals surface area contributed by atoms with Gasteiger partial charge >= 0.3 is 6.09 Å². The van der Waals surface area contributed by atoms with Crippen LogP contribution in [0.3, 0.4) is 0 Å². The van der Waals surface area contributed by atoms with Gasteiger partial charge in [-0.15, -0.1) is 6.42 Å². The number of amides is 1. The van der Waals surface area contributed by atoms with Crippen molar-refractivity contribution in [2.75, 3.05) is 27.8 Å². The summed E-state index contributed by atoms with van der Waals surface area (Å²) >= 11 is 0. The number of nitrogens with two attached hydrogens (primary N) is 1. The molecule has 0 aromatic carbocycles. The molecular formula is C34H62N2O10. The predicted octanol–water partition coefficient (Wildman–Crippen LogP) is 3.33. The zero-order valence-electron chi connectivity index (χ0n) is 30.0. The number of hydrogen-bond acceptors (Lipinski definition) is 10. The van der Waals surface area contributed by atoms with E-state index in [1.54, 1.807) is 34.6 Å². The van der Waals surface area contributed by atoms with E-state index >= 15 is 0 Å². The van der Waals surface area contributed by atoms with Gasteiger partial charge in [0.1, 0.15) is 30.1 Å². The summed E-state index contributed by atoms with van der Waals surface area (Å²) in [5.41, 5.74) is 3.37. The molecule has 1 heterocycles. The van der Waals surface area contributed by atoms with Gasteiger partial charge in [0.2, 0.25) is 0 Å². The summed E-state index contributed by atoms with van der Waals surface area (Å²) in [6, 6.07) is 0.466. The van der Waals surface area contributed by atoms with E-state index in [4.69, 9.17) is 31.1 Å². The second-order valence-electron chi connectivity index (χ2n) is 13.3. The van der Waals surface area contributed by atoms with Crippen LogP contribution in [0.2, 0.25) is 0 Å². The van der Waals surface area contributed by atoms with Crippen molar-refractivity contribution in [1.29, 1.82) is 0 Å². The number of methoxy groups -OCH3 is 1. The first-order chi connectivity index (χ1) is 20.8. The average molecular weight is 659 g/mol. The second kappa shape index (κ2) is 21.5. The highest BCUT2D eigenvalue weighted by Gasteiger charge is 2.42. The number of carbonyl (C=O) groups is 4. The van der Waals surface area contributed by atoms with Crippen LogP contribution in [-0.4, -0.2) is 103 Å². The minimum Gasteiger partial charge on any atom is -0.441 e. The summed E-state index contributed by atoms with van der Waals surface area (Å²) in [6.45, 7) is 14.4. The quantitative estimate of drug-likeness (QED) is 0.126. The van der Waals surface area contributed by atoms with Gasteiger partial charge in [0.25, 0.3) is 0 Å². The molecule has 0 spiro atoms. The van der Waals surface area contributed by atoms with E-state index in [9.17, 15) is 24.3 Å². The minimum atomic E-state index is -1.07. The first-order valence-corrected chi connectivity index (χ1v) is 15.9. The van der Waals surface area contributed by atoms with Crippen LogP contribution >= 0.6 is 0 Å². The molecule has 1 fully saturated rings. The molecule has 0 aliphatic carbocycles. The number of ketones is 2. The van der Waals surface area contributed by atoms with Crippen LogP contribution in [-0.2, 0) is 33.3 Å². The average Bonchev–Trinajstić information content (AvgIpc) is 2.94. The Morgan fingerprint density at radius 2 is 1.59 bits per heavy atom. The number of aliphatic hydroxyl groups excluding tert-OH is 1. The Morgan fingerprint density at radius 1 is 1.07 bits per heavy atom. The van der Waals surface area contributed by atoms with Gasteiger partial charge in [0.05, 0.1) is 23.7 Å². The Labute approximate surface area is 276 Å². The lowest BCUT2D eigenvalue weighted by Gasteiger charge is -2.38. The highest BCUT2D eigenvalue weighted by molar-refractivity contribution is 5.94. The summed E-state index contributed by atoms with van der Waals surface area (Å²) in [6.07, 6.45) is 7.48. The van der Waals surface area contributed by atoms with E-state index in [-0.39, 0.29) is 36.2 Å². The van der Waals surface area contributed by atoms with E-state index in [0.29, 0.717) is 31.6 Å². The Kier molecular flexibility index (Phi) is 21.3. The summed E-state index contributed by atoms with van der Waals surface area (Å²) in [7, 11) is 5.60. The van der Waals surface area contributed by atoms with Crippen LogP contribution in [0.15, 0.2) is 0 Å². The van der Waals surface area contributed by atoms with Gasteiger partial charge in [0.15, 0.2) is 6.29 Å². The van der Waals surface area contributed by atoms with Gasteiger partial charge in [-0.2, -0.15) is 0 Å². The molecule has 1 rings (SSSR count). The number of carbonyl (C=O) groups excluding carboxylic acids is 4. The van der Waals surface area contributed by atoms with E-state index in [1.807, 2.05) is 34.9 Å². The van der Waals surface area contributed by atoms with Crippen molar-refractivity contribution in [2.24, 2.45) is 29.4 Å². The van der Waals surface area contributed by atoms with Gasteiger partial charge in [-0.05, 0) is 73.9 Å². The van der Waals surface area contributed by atoms with Crippen LogP contribution in [0.25, 0.3) is 0 Å². The van der Waals surface area contributed by atoms with Crippen molar-refractivity contribution in [2.45, 2.75) is 130 Å². The summed E-state index contributed by atoms with van der Waals surface area (Å²) in [4.78, 5) is 50.5. The van der Waals surface area contributed by atoms with E-state index in [1.165, 1.54) is 7.11 Å². The predicted molar refractivity (Wildman–Crippen MR) is 177 cm³/mol. The van der Waals surface area contributed by atoms with Crippen molar-refractivity contribution >= 4 is 23.9 Å². The van der Waals surface area contributed by atoms with Gasteiger partial charge in [0, 0.05) is 37.3 Å². The largest absolute Gasteiger partial charge is 0.441 e. The first-order valence-electron chi connectivity index (χ1n) is 15.9. The van der Waals surface area contributed by atoms with Crippen molar-refractivity contribution in [1.82, 2.24) is 4.90 Å². The number of terminal acetylenes is 1. The van der Waals surface area contributed by atoms with Gasteiger partial charge in [-0.1, -0.05) is 33.6 Å². The van der Waals surface area contributed by atoms with Gasteiger partial charge in [-0.25, -0.2) is 4.79 Å². The molecule has 1 aliphatic rings. The Balaban J connectivity index is 0. The number of rotatable bonds is 18. The van der Waals surface area contributed by atoms with Crippen LogP contribution in [0.5, 0.6) is 0 Å². The topological polar surface area (TPSA) is 186 Å². The lowest BCUT2D eigenvalue weighted by Crippen LogP contribution is -2.48.